The van der Waals surface area contributed by atoms with Crippen LogP contribution in [0.1, 0.15) is 15.9 Å². The van der Waals surface area contributed by atoms with Crippen LogP contribution in [0.25, 0.3) is 0 Å². The lowest BCUT2D eigenvalue weighted by Crippen LogP contribution is -2.78. The molecule has 1 aromatic carbocycles. The topological polar surface area (TPSA) is 223 Å². The lowest BCUT2D eigenvalue weighted by atomic mass is 9.51. The number of halogens is 1. The summed E-state index contributed by atoms with van der Waals surface area (Å²) in [5, 5.41) is 25.1. The molecule has 5 N–H and O–H groups in total. The summed E-state index contributed by atoms with van der Waals surface area (Å²) in [4.78, 5) is 94.5. The van der Waals surface area contributed by atoms with Crippen LogP contribution in [-0.4, -0.2) is 121 Å². The number of nitrogens with two attached hydrogens (primary N) is 1. The number of hydrogen-bond donors (Lipinski definition) is 4. The van der Waals surface area contributed by atoms with E-state index in [0.29, 0.717) is 0 Å². The van der Waals surface area contributed by atoms with Crippen LogP contribution in [0.5, 0.6) is 5.75 Å². The summed E-state index contributed by atoms with van der Waals surface area (Å²) in [6.45, 7) is -0.162. The molecular weight excluding hydrogens is 575 g/mol. The van der Waals surface area contributed by atoms with Gasteiger partial charge < -0.3 is 35.6 Å². The number of carbonyl (C=O) groups is 7. The van der Waals surface area contributed by atoms with E-state index in [4.69, 9.17) is 10.5 Å². The van der Waals surface area contributed by atoms with E-state index in [-0.39, 0.29) is 6.54 Å². The number of amides is 2. The molecule has 2 saturated carbocycles. The normalized spacial score (nSPS) is 30.0. The highest BCUT2D eigenvalue weighted by molar-refractivity contribution is 6.32. The van der Waals surface area contributed by atoms with Crippen LogP contribution in [0.15, 0.2) is 6.07 Å². The number of likely N-dealkylation sites (N-methyl/N-ethyl adjacent to an activating group) is 2. The first kappa shape index (κ1) is 31.7. The zero-order valence-corrected chi connectivity index (χ0v) is 23.9. The van der Waals surface area contributed by atoms with Crippen molar-refractivity contribution in [1.29, 1.82) is 0 Å². The number of fused-ring (bicyclic) bond motifs is 3. The second kappa shape index (κ2) is 11.1. The minimum absolute atomic E-state index is 0.162. The molecule has 0 saturated heterocycles. The maximum absolute atomic E-state index is 15.5. The van der Waals surface area contributed by atoms with Gasteiger partial charge in [-0.05, 0) is 34.6 Å². The largest absolute Gasteiger partial charge is 0.508 e. The number of carbonyl (C=O) groups excluding carboxylic acids is 7. The number of rotatable bonds is 6. The van der Waals surface area contributed by atoms with E-state index < -0.39 is 117 Å². The molecule has 2 amide bonds. The fraction of sp³-hybridized carbons (Fsp3) is 0.519. The molecule has 3 aliphatic rings. The Morgan fingerprint density at radius 1 is 1.14 bits per heavy atom. The van der Waals surface area contributed by atoms with Gasteiger partial charge in [0.05, 0.1) is 42.8 Å². The Balaban J connectivity index is 1.94. The Morgan fingerprint density at radius 2 is 1.77 bits per heavy atom. The van der Waals surface area contributed by atoms with E-state index in [9.17, 15) is 43.8 Å². The third-order valence-electron chi connectivity index (χ3n) is 8.19. The van der Waals surface area contributed by atoms with Gasteiger partial charge in [-0.25, -0.2) is 9.18 Å². The van der Waals surface area contributed by atoms with Crippen LogP contribution in [-0.2, 0) is 39.9 Å². The van der Waals surface area contributed by atoms with Crippen LogP contribution in [0.4, 0.5) is 14.9 Å². The van der Waals surface area contributed by atoms with Gasteiger partial charge in [-0.2, -0.15) is 0 Å². The lowest BCUT2D eigenvalue weighted by molar-refractivity contribution is -0.197. The van der Waals surface area contributed by atoms with Crippen molar-refractivity contribution in [3.05, 3.63) is 23.0 Å². The zero-order valence-electron chi connectivity index (χ0n) is 23.9. The molecule has 15 nitrogen and oxygen atoms in total. The first-order valence-electron chi connectivity index (χ1n) is 13.1. The molecule has 0 radical (unpaired) electrons. The molecule has 7 atom stereocenters. The highest BCUT2D eigenvalue weighted by Gasteiger charge is 2.73. The van der Waals surface area contributed by atoms with E-state index in [0.717, 1.165) is 13.2 Å². The molecule has 0 aromatic heterocycles. The molecule has 0 heterocycles. The molecular formula is C27H31FN4O11. The van der Waals surface area contributed by atoms with E-state index in [1.54, 1.807) is 14.1 Å². The van der Waals surface area contributed by atoms with Gasteiger partial charge in [-0.15, -0.1) is 0 Å². The number of ether oxygens (including phenoxy) is 2. The number of phenols is 1. The first-order chi connectivity index (χ1) is 20.0. The Morgan fingerprint density at radius 3 is 2.30 bits per heavy atom. The van der Waals surface area contributed by atoms with Crippen molar-refractivity contribution < 1.29 is 57.6 Å². The van der Waals surface area contributed by atoms with E-state index in [1.807, 2.05) is 0 Å². The van der Waals surface area contributed by atoms with Crippen molar-refractivity contribution in [2.24, 2.45) is 29.4 Å². The minimum atomic E-state index is -3.25. The number of nitrogens with zero attached hydrogens (tertiary/aromatic N) is 2. The van der Waals surface area contributed by atoms with Gasteiger partial charge in [0, 0.05) is 17.5 Å². The van der Waals surface area contributed by atoms with Gasteiger partial charge in [0.1, 0.15) is 17.7 Å². The number of Topliss-reactive ketones (excluding diaryl/α,β-unsaturated/α-hetero) is 4. The SMILES string of the molecule is COC(=O)O[C@@H]1[C@H]2[C@H](N(C)C)C(=O)C(C(N)=O)C(=O)[C@@]2(O)C(=O)C2C(=O)c3c(O)c(NC(=O)CN(C)C)cc(F)c3C[C@H]21. The number of methoxy groups -OCH3 is 1. The molecule has 1 aromatic rings. The Hall–Kier alpha value is -4.28. The zero-order chi connectivity index (χ0) is 32.3. The maximum atomic E-state index is 15.5. The van der Waals surface area contributed by atoms with E-state index >= 15 is 4.39 Å². The number of benzene rings is 1. The number of aromatic hydroxyl groups is 1. The number of primary amides is 1. The predicted octanol–water partition coefficient (Wildman–Crippen LogP) is -1.73. The van der Waals surface area contributed by atoms with Gasteiger partial charge in [-0.1, -0.05) is 0 Å². The number of nitrogens with one attached hydrogen (secondary N) is 1. The summed E-state index contributed by atoms with van der Waals surface area (Å²) in [5.74, 6) is -17.0. The molecule has 2 unspecified atom stereocenters. The van der Waals surface area contributed by atoms with Gasteiger partial charge >= 0.3 is 6.16 Å². The second-order valence-electron chi connectivity index (χ2n) is 11.3. The van der Waals surface area contributed by atoms with Crippen molar-refractivity contribution >= 4 is 46.8 Å². The number of anilines is 1. The van der Waals surface area contributed by atoms with Crippen LogP contribution in [0, 0.1) is 29.5 Å². The third kappa shape index (κ3) is 4.84. The predicted molar refractivity (Wildman–Crippen MR) is 141 cm³/mol. The summed E-state index contributed by atoms with van der Waals surface area (Å²) in [6, 6.07) is -0.830. The molecule has 3 aliphatic carbocycles. The van der Waals surface area contributed by atoms with Crippen molar-refractivity contribution in [2.45, 2.75) is 24.2 Å². The van der Waals surface area contributed by atoms with Gasteiger partial charge in [0.25, 0.3) is 0 Å². The molecule has 16 heteroatoms. The lowest BCUT2D eigenvalue weighted by Gasteiger charge is -2.55. The highest BCUT2D eigenvalue weighted by Crippen LogP contribution is 2.52. The fourth-order valence-corrected chi connectivity index (χ4v) is 6.50. The standard InChI is InChI=1S/C27H31FN4O11/c1-31(2)8-13(33)30-12-7-11(28)9-6-10-15(20(35)14(9)19(12)34)23(37)27(41)17(22(10)43-26(40)42-5)18(32(3)4)21(36)16(24(27)38)25(29)39/h7,10,15-18,22,34,41H,6,8H2,1-5H3,(H2,29,39)(H,30,33)/t10-,15?,16?,17-,18+,22+,27+/m1/s1. The van der Waals surface area contributed by atoms with Crippen molar-refractivity contribution in [3.63, 3.8) is 0 Å². The van der Waals surface area contributed by atoms with Crippen LogP contribution in [0.3, 0.4) is 0 Å². The maximum Gasteiger partial charge on any atom is 0.508 e. The summed E-state index contributed by atoms with van der Waals surface area (Å²) >= 11 is 0. The molecule has 232 valence electrons. The Labute approximate surface area is 244 Å². The molecule has 0 bridgehead atoms. The van der Waals surface area contributed by atoms with Crippen molar-refractivity contribution in [3.8, 4) is 5.75 Å². The van der Waals surface area contributed by atoms with Crippen LogP contribution in [0.2, 0.25) is 0 Å². The third-order valence-corrected chi connectivity index (χ3v) is 8.19. The highest BCUT2D eigenvalue weighted by atomic mass is 19.1. The molecule has 2 fully saturated rings. The smallest absolute Gasteiger partial charge is 0.505 e. The van der Waals surface area contributed by atoms with Crippen molar-refractivity contribution in [1.82, 2.24) is 9.80 Å². The summed E-state index contributed by atoms with van der Waals surface area (Å²) in [7, 11) is 6.79. The monoisotopic (exact) mass is 606 g/mol. The minimum Gasteiger partial charge on any atom is -0.505 e. The van der Waals surface area contributed by atoms with E-state index in [1.165, 1.54) is 23.9 Å². The quantitative estimate of drug-likeness (QED) is 0.161. The van der Waals surface area contributed by atoms with Crippen molar-refractivity contribution in [2.75, 3.05) is 47.2 Å². The summed E-state index contributed by atoms with van der Waals surface area (Å²) in [5.41, 5.74) is 0.506. The van der Waals surface area contributed by atoms with Gasteiger partial charge in [0.15, 0.2) is 34.7 Å². The average Bonchev–Trinajstić information content (AvgIpc) is 2.89. The average molecular weight is 607 g/mol. The second-order valence-corrected chi connectivity index (χ2v) is 11.3. The fourth-order valence-electron chi connectivity index (χ4n) is 6.50. The van der Waals surface area contributed by atoms with E-state index in [2.05, 4.69) is 10.1 Å². The molecule has 0 spiro atoms. The number of aliphatic hydroxyl groups is 1. The number of hydrogen-bond acceptors (Lipinski definition) is 13. The summed E-state index contributed by atoms with van der Waals surface area (Å²) in [6.07, 6.45) is -3.69. The number of phenolic OH excluding ortho intramolecular Hbond substituents is 1. The molecule has 0 aliphatic heterocycles. The van der Waals surface area contributed by atoms with Crippen LogP contribution < -0.4 is 11.1 Å². The summed E-state index contributed by atoms with van der Waals surface area (Å²) < 4.78 is 25.5. The van der Waals surface area contributed by atoms with Crippen LogP contribution >= 0.6 is 0 Å². The van der Waals surface area contributed by atoms with Gasteiger partial charge in [-0.3, -0.25) is 33.7 Å². The van der Waals surface area contributed by atoms with Gasteiger partial charge in [0.2, 0.25) is 11.8 Å². The Kier molecular flexibility index (Phi) is 8.16. The molecule has 43 heavy (non-hydrogen) atoms. The first-order valence-corrected chi connectivity index (χ1v) is 13.1. The molecule has 4 rings (SSSR count). The number of ketones is 4. The Bertz CT molecular complexity index is 1460.